The summed E-state index contributed by atoms with van der Waals surface area (Å²) in [6.07, 6.45) is 3.47. The van der Waals surface area contributed by atoms with Crippen molar-refractivity contribution in [3.63, 3.8) is 0 Å². The number of nitrogens with zero attached hydrogens (tertiary/aromatic N) is 1. The molecule has 0 saturated heterocycles. The summed E-state index contributed by atoms with van der Waals surface area (Å²) in [7, 11) is -4.19. The Morgan fingerprint density at radius 3 is 2.56 bits per heavy atom. The van der Waals surface area contributed by atoms with E-state index in [1.165, 1.54) is 0 Å². The number of unbranched alkanes of at least 4 members (excludes halogenated alkanes) is 1. The van der Waals surface area contributed by atoms with E-state index in [2.05, 4.69) is 9.37 Å². The van der Waals surface area contributed by atoms with Crippen LogP contribution in [0, 0.1) is 5.92 Å². The highest BCUT2D eigenvalue weighted by molar-refractivity contribution is 7.94. The number of ether oxygens (including phenoxy) is 1. The fourth-order valence-electron chi connectivity index (χ4n) is 5.61. The number of benzene rings is 1. The number of rotatable bonds is 15. The summed E-state index contributed by atoms with van der Waals surface area (Å²) in [5, 5.41) is 22.8. The predicted molar refractivity (Wildman–Crippen MR) is 144 cm³/mol. The van der Waals surface area contributed by atoms with Crippen molar-refractivity contribution >= 4 is 33.6 Å². The standard InChI is InChI=1S/C26H33NO10S2/c1-3-4-11-35-25-18(23(29)24(25)30)14-22-26(2,15-16-6-9-21(16)28)19-13-17(38-37-36-31)7-8-20(19)27(22)10-5-12-39(32,33)34/h7-8,13,16,21,28H,3-6,9-12,14-15H2,1-2H3,(H-,31,32,33,34)/p+1/t16-,21?,26-/m1/s1. The molecule has 0 radical (unpaired) electrons. The molecular weight excluding hydrogens is 550 g/mol. The topological polar surface area (TPSA) is 160 Å². The van der Waals surface area contributed by atoms with Crippen LogP contribution in [0.5, 0.6) is 5.75 Å². The molecule has 3 N–H and O–H groups in total. The van der Waals surface area contributed by atoms with Crippen molar-refractivity contribution in [3.05, 3.63) is 49.8 Å². The van der Waals surface area contributed by atoms with E-state index in [0.29, 0.717) is 24.3 Å². The molecule has 0 aromatic heterocycles. The van der Waals surface area contributed by atoms with Gasteiger partial charge in [-0.15, -0.1) is 4.33 Å². The lowest BCUT2D eigenvalue weighted by Gasteiger charge is -2.38. The third-order valence-corrected chi connectivity index (χ3v) is 9.24. The summed E-state index contributed by atoms with van der Waals surface area (Å²) in [5.74, 6) is -0.354. The Bertz CT molecular complexity index is 1410. The number of aliphatic hydroxyl groups excluding tert-OH is 1. The molecule has 1 fully saturated rings. The number of hydrogen-bond acceptors (Lipinski definition) is 10. The van der Waals surface area contributed by atoms with Crippen LogP contribution in [-0.2, 0) is 31.3 Å². The van der Waals surface area contributed by atoms with Gasteiger partial charge >= 0.3 is 0 Å². The lowest BCUT2D eigenvalue weighted by atomic mass is 9.66. The molecule has 1 saturated carbocycles. The average Bonchev–Trinajstić information content (AvgIpc) is 3.12. The van der Waals surface area contributed by atoms with E-state index in [9.17, 15) is 27.7 Å². The van der Waals surface area contributed by atoms with Crippen molar-refractivity contribution in [3.8, 4) is 5.75 Å². The molecule has 1 aliphatic carbocycles. The lowest BCUT2D eigenvalue weighted by molar-refractivity contribution is -0.439. The van der Waals surface area contributed by atoms with Crippen LogP contribution in [0.25, 0.3) is 0 Å². The SMILES string of the molecule is CCCCOc1c(CC2=[N+](CCCS(=O)(=O)O)c3ccc(SOOO)cc3[C@@]2(C)C[C@H]2CCC2O)c(=O)c1=O. The van der Waals surface area contributed by atoms with Crippen molar-refractivity contribution in [2.24, 2.45) is 5.92 Å². The average molecular weight is 585 g/mol. The first-order valence-electron chi connectivity index (χ1n) is 13.0. The molecule has 4 rings (SSSR count). The van der Waals surface area contributed by atoms with Gasteiger partial charge in [-0.2, -0.15) is 13.0 Å². The molecule has 0 bridgehead atoms. The molecule has 11 nitrogen and oxygen atoms in total. The maximum atomic E-state index is 12.7. The van der Waals surface area contributed by atoms with Gasteiger partial charge in [-0.25, -0.2) is 5.26 Å². The van der Waals surface area contributed by atoms with Gasteiger partial charge in [0.1, 0.15) is 6.54 Å². The minimum atomic E-state index is -4.19. The minimum absolute atomic E-state index is 0.0110. The van der Waals surface area contributed by atoms with Crippen LogP contribution < -0.4 is 15.6 Å². The van der Waals surface area contributed by atoms with E-state index >= 15 is 0 Å². The summed E-state index contributed by atoms with van der Waals surface area (Å²) >= 11 is 0.802. The zero-order chi connectivity index (χ0) is 28.4. The number of fused-ring (bicyclic) bond motifs is 1. The van der Waals surface area contributed by atoms with E-state index in [0.717, 1.165) is 48.3 Å². The van der Waals surface area contributed by atoms with Crippen molar-refractivity contribution in [2.45, 2.75) is 75.2 Å². The maximum absolute atomic E-state index is 12.7. The lowest BCUT2D eigenvalue weighted by Crippen LogP contribution is -2.45. The van der Waals surface area contributed by atoms with Gasteiger partial charge in [-0.3, -0.25) is 14.1 Å². The fourth-order valence-corrected chi connectivity index (χ4v) is 6.50. The Morgan fingerprint density at radius 2 is 1.95 bits per heavy atom. The molecule has 0 amide bonds. The quantitative estimate of drug-likeness (QED) is 0.0537. The van der Waals surface area contributed by atoms with E-state index in [-0.39, 0.29) is 36.6 Å². The van der Waals surface area contributed by atoms with Crippen molar-refractivity contribution in [2.75, 3.05) is 18.9 Å². The molecule has 0 spiro atoms. The molecule has 1 aliphatic heterocycles. The van der Waals surface area contributed by atoms with E-state index in [1.807, 2.05) is 30.6 Å². The summed E-state index contributed by atoms with van der Waals surface area (Å²) < 4.78 is 44.5. The summed E-state index contributed by atoms with van der Waals surface area (Å²) in [6.45, 7) is 4.55. The van der Waals surface area contributed by atoms with Crippen molar-refractivity contribution in [1.82, 2.24) is 0 Å². The van der Waals surface area contributed by atoms with Gasteiger partial charge in [0.2, 0.25) is 11.1 Å². The second kappa shape index (κ2) is 12.2. The van der Waals surface area contributed by atoms with Crippen molar-refractivity contribution in [1.29, 1.82) is 0 Å². The van der Waals surface area contributed by atoms with E-state index < -0.39 is 38.2 Å². The second-order valence-corrected chi connectivity index (χ2v) is 12.8. The van der Waals surface area contributed by atoms with E-state index in [4.69, 9.17) is 9.99 Å². The first kappa shape index (κ1) is 29.8. The summed E-state index contributed by atoms with van der Waals surface area (Å²) in [6, 6.07) is 5.44. The van der Waals surface area contributed by atoms with Gasteiger partial charge in [0.05, 0.1) is 47.9 Å². The van der Waals surface area contributed by atoms with Crippen LogP contribution in [0.1, 0.15) is 63.5 Å². The highest BCUT2D eigenvalue weighted by Gasteiger charge is 2.52. The summed E-state index contributed by atoms with van der Waals surface area (Å²) in [5.41, 5.74) is 0.757. The Hall–Kier alpha value is -2.13. The van der Waals surface area contributed by atoms with Gasteiger partial charge in [0, 0.05) is 22.9 Å². The molecule has 1 unspecified atom stereocenters. The molecule has 13 heteroatoms. The number of aliphatic hydroxyl groups is 1. The third-order valence-electron chi connectivity index (χ3n) is 7.86. The molecule has 1 heterocycles. The molecule has 214 valence electrons. The first-order chi connectivity index (χ1) is 18.5. The number of hydrogen-bond donors (Lipinski definition) is 3. The molecule has 2 aliphatic rings. The van der Waals surface area contributed by atoms with Crippen LogP contribution in [0.2, 0.25) is 0 Å². The Kier molecular flexibility index (Phi) is 9.31. The van der Waals surface area contributed by atoms with Crippen LogP contribution in [0.15, 0.2) is 32.7 Å². The Labute approximate surface area is 230 Å². The molecule has 2 aromatic carbocycles. The van der Waals surface area contributed by atoms with E-state index in [1.54, 1.807) is 6.07 Å². The minimum Gasteiger partial charge on any atom is -0.489 e. The Balaban J connectivity index is 1.79. The Morgan fingerprint density at radius 1 is 1.18 bits per heavy atom. The zero-order valence-corrected chi connectivity index (χ0v) is 23.6. The molecular formula is C26H34NO10S2+. The van der Waals surface area contributed by atoms with Crippen LogP contribution in [0.3, 0.4) is 0 Å². The highest BCUT2D eigenvalue weighted by atomic mass is 32.2. The van der Waals surface area contributed by atoms with Gasteiger partial charge < -0.3 is 9.84 Å². The first-order valence-corrected chi connectivity index (χ1v) is 15.4. The predicted octanol–water partition coefficient (Wildman–Crippen LogP) is 2.93. The van der Waals surface area contributed by atoms with Gasteiger partial charge in [-0.05, 0) is 50.7 Å². The highest BCUT2D eigenvalue weighted by Crippen LogP contribution is 2.49. The fraction of sp³-hybridized carbons (Fsp3) is 0.577. The molecule has 2 aromatic rings. The van der Waals surface area contributed by atoms with Crippen LogP contribution in [0.4, 0.5) is 5.69 Å². The summed E-state index contributed by atoms with van der Waals surface area (Å²) in [4.78, 5) is 25.7. The van der Waals surface area contributed by atoms with Crippen molar-refractivity contribution < 1.29 is 42.0 Å². The van der Waals surface area contributed by atoms with Crippen LogP contribution in [-0.4, -0.2) is 58.6 Å². The monoisotopic (exact) mass is 584 g/mol. The smallest absolute Gasteiger partial charge is 0.268 e. The van der Waals surface area contributed by atoms with Gasteiger partial charge in [-0.1, -0.05) is 18.4 Å². The third kappa shape index (κ3) is 6.29. The largest absolute Gasteiger partial charge is 0.489 e. The molecule has 39 heavy (non-hydrogen) atoms. The second-order valence-electron chi connectivity index (χ2n) is 10.4. The molecule has 3 atom stereocenters. The zero-order valence-electron chi connectivity index (χ0n) is 21.9. The van der Waals surface area contributed by atoms with Gasteiger partial charge in [0.25, 0.3) is 15.5 Å². The normalized spacial score (nSPS) is 22.8. The maximum Gasteiger partial charge on any atom is 0.268 e. The van der Waals surface area contributed by atoms with Gasteiger partial charge in [0.15, 0.2) is 11.5 Å². The van der Waals surface area contributed by atoms with Crippen LogP contribution >= 0.6 is 12.0 Å².